The fourth-order valence-corrected chi connectivity index (χ4v) is 1.46. The number of carbonyl (C=O) groups is 1. The first kappa shape index (κ1) is 11.4. The van der Waals surface area contributed by atoms with Gasteiger partial charge in [-0.2, -0.15) is 0 Å². The molecule has 2 rings (SSSR count). The van der Waals surface area contributed by atoms with Gasteiger partial charge in [0.1, 0.15) is 6.33 Å². The Morgan fingerprint density at radius 3 is 2.82 bits per heavy atom. The predicted octanol–water partition coefficient (Wildman–Crippen LogP) is 1.70. The van der Waals surface area contributed by atoms with Crippen LogP contribution in [0.1, 0.15) is 35.9 Å². The zero-order chi connectivity index (χ0) is 12.1. The number of aromatic nitrogens is 4. The van der Waals surface area contributed by atoms with Gasteiger partial charge in [0, 0.05) is 24.5 Å². The molecule has 0 atom stereocenters. The Morgan fingerprint density at radius 2 is 2.12 bits per heavy atom. The normalized spacial score (nSPS) is 10.4. The number of hydrogen-bond acceptors (Lipinski definition) is 4. The minimum Gasteiger partial charge on any atom is -0.285 e. The van der Waals surface area contributed by atoms with Gasteiger partial charge in [-0.1, -0.05) is 13.3 Å². The van der Waals surface area contributed by atoms with E-state index < -0.39 is 0 Å². The van der Waals surface area contributed by atoms with Crippen molar-refractivity contribution in [1.29, 1.82) is 0 Å². The molecule has 0 radical (unpaired) electrons. The number of pyridine rings is 1. The van der Waals surface area contributed by atoms with Crippen LogP contribution >= 0.6 is 0 Å². The van der Waals surface area contributed by atoms with Crippen molar-refractivity contribution in [3.05, 3.63) is 42.2 Å². The highest BCUT2D eigenvalue weighted by Crippen LogP contribution is 2.04. The number of ketones is 1. The molecule has 2 aromatic heterocycles. The molecule has 0 saturated carbocycles. The Hall–Kier alpha value is -2.04. The largest absolute Gasteiger partial charge is 0.285 e. The van der Waals surface area contributed by atoms with Crippen molar-refractivity contribution >= 4 is 5.78 Å². The molecule has 0 amide bonds. The van der Waals surface area contributed by atoms with Crippen molar-refractivity contribution in [3.8, 4) is 0 Å². The third-order valence-corrected chi connectivity index (χ3v) is 2.42. The van der Waals surface area contributed by atoms with Crippen molar-refractivity contribution in [2.24, 2.45) is 0 Å². The van der Waals surface area contributed by atoms with Crippen LogP contribution in [-0.2, 0) is 6.54 Å². The molecule has 0 aliphatic rings. The van der Waals surface area contributed by atoms with Crippen LogP contribution in [0.3, 0.4) is 0 Å². The van der Waals surface area contributed by atoms with Crippen molar-refractivity contribution < 1.29 is 4.79 Å². The number of rotatable bonds is 5. The maximum Gasteiger partial charge on any atom is 0.232 e. The molecular formula is C12H14N4O. The zero-order valence-corrected chi connectivity index (χ0v) is 9.71. The molecule has 5 nitrogen and oxygen atoms in total. The number of aryl methyl sites for hydroxylation is 1. The van der Waals surface area contributed by atoms with Crippen molar-refractivity contribution in [3.63, 3.8) is 0 Å². The number of unbranched alkanes of at least 4 members (excludes halogenated alkanes) is 1. The summed E-state index contributed by atoms with van der Waals surface area (Å²) in [7, 11) is 0. The lowest BCUT2D eigenvalue weighted by molar-refractivity contribution is 0.102. The molecule has 5 heteroatoms. The molecule has 2 aromatic rings. The number of hydrogen-bond donors (Lipinski definition) is 0. The summed E-state index contributed by atoms with van der Waals surface area (Å²) >= 11 is 0. The Balaban J connectivity index is 2.12. The SMILES string of the molecule is CCCCn1cnc(C(=O)c2ccncc2)n1. The first-order chi connectivity index (χ1) is 8.31. The van der Waals surface area contributed by atoms with Crippen LogP contribution in [0.25, 0.3) is 0 Å². The Bertz CT molecular complexity index is 492. The lowest BCUT2D eigenvalue weighted by Gasteiger charge is -1.97. The molecular weight excluding hydrogens is 216 g/mol. The average molecular weight is 230 g/mol. The van der Waals surface area contributed by atoms with Crippen LogP contribution in [0.15, 0.2) is 30.9 Å². The third-order valence-electron chi connectivity index (χ3n) is 2.42. The highest BCUT2D eigenvalue weighted by molar-refractivity contribution is 6.06. The molecule has 0 bridgehead atoms. The molecule has 88 valence electrons. The smallest absolute Gasteiger partial charge is 0.232 e. The summed E-state index contributed by atoms with van der Waals surface area (Å²) in [5.74, 6) is 0.0787. The lowest BCUT2D eigenvalue weighted by Crippen LogP contribution is -2.06. The maximum atomic E-state index is 12.0. The van der Waals surface area contributed by atoms with Gasteiger partial charge in [0.2, 0.25) is 11.6 Å². The zero-order valence-electron chi connectivity index (χ0n) is 9.71. The van der Waals surface area contributed by atoms with E-state index in [9.17, 15) is 4.79 Å². The Morgan fingerprint density at radius 1 is 1.35 bits per heavy atom. The lowest BCUT2D eigenvalue weighted by atomic mass is 10.2. The molecule has 0 unspecified atom stereocenters. The van der Waals surface area contributed by atoms with Gasteiger partial charge >= 0.3 is 0 Å². The van der Waals surface area contributed by atoms with Crippen LogP contribution in [0.4, 0.5) is 0 Å². The van der Waals surface area contributed by atoms with E-state index in [1.54, 1.807) is 35.5 Å². The van der Waals surface area contributed by atoms with Gasteiger partial charge in [-0.05, 0) is 18.6 Å². The Kier molecular flexibility index (Phi) is 3.59. The predicted molar refractivity (Wildman–Crippen MR) is 62.6 cm³/mol. The van der Waals surface area contributed by atoms with Crippen LogP contribution in [0, 0.1) is 0 Å². The second kappa shape index (κ2) is 5.34. The molecule has 0 saturated heterocycles. The third kappa shape index (κ3) is 2.75. The minimum absolute atomic E-state index is 0.164. The maximum absolute atomic E-state index is 12.0. The van der Waals surface area contributed by atoms with Gasteiger partial charge in [-0.25, -0.2) is 4.98 Å². The van der Waals surface area contributed by atoms with E-state index in [4.69, 9.17) is 0 Å². The first-order valence-corrected chi connectivity index (χ1v) is 5.65. The van der Waals surface area contributed by atoms with Crippen LogP contribution in [0.2, 0.25) is 0 Å². The van der Waals surface area contributed by atoms with Gasteiger partial charge in [0.15, 0.2) is 0 Å². The molecule has 0 fully saturated rings. The van der Waals surface area contributed by atoms with Crippen LogP contribution in [-0.4, -0.2) is 25.5 Å². The van der Waals surface area contributed by atoms with Gasteiger partial charge in [0.25, 0.3) is 0 Å². The van der Waals surface area contributed by atoms with E-state index in [0.717, 1.165) is 19.4 Å². The summed E-state index contributed by atoms with van der Waals surface area (Å²) in [6.45, 7) is 2.91. The van der Waals surface area contributed by atoms with E-state index in [1.165, 1.54) is 0 Å². The number of nitrogens with zero attached hydrogens (tertiary/aromatic N) is 4. The van der Waals surface area contributed by atoms with E-state index in [-0.39, 0.29) is 11.6 Å². The van der Waals surface area contributed by atoms with Crippen molar-refractivity contribution in [2.45, 2.75) is 26.3 Å². The Labute approximate surface area is 99.5 Å². The summed E-state index contributed by atoms with van der Waals surface area (Å²) in [5.41, 5.74) is 0.563. The summed E-state index contributed by atoms with van der Waals surface area (Å²) in [5, 5.41) is 4.16. The fourth-order valence-electron chi connectivity index (χ4n) is 1.46. The van der Waals surface area contributed by atoms with Gasteiger partial charge < -0.3 is 0 Å². The second-order valence-corrected chi connectivity index (χ2v) is 3.75. The topological polar surface area (TPSA) is 60.7 Å². The molecule has 0 aliphatic carbocycles. The van der Waals surface area contributed by atoms with E-state index in [2.05, 4.69) is 22.0 Å². The van der Waals surface area contributed by atoms with Crippen molar-refractivity contribution in [1.82, 2.24) is 19.7 Å². The van der Waals surface area contributed by atoms with E-state index in [0.29, 0.717) is 5.56 Å². The fraction of sp³-hybridized carbons (Fsp3) is 0.333. The first-order valence-electron chi connectivity index (χ1n) is 5.65. The highest BCUT2D eigenvalue weighted by atomic mass is 16.1. The molecule has 0 aromatic carbocycles. The molecule has 0 spiro atoms. The van der Waals surface area contributed by atoms with E-state index in [1.807, 2.05) is 0 Å². The summed E-state index contributed by atoms with van der Waals surface area (Å²) < 4.78 is 1.71. The quantitative estimate of drug-likeness (QED) is 0.733. The monoisotopic (exact) mass is 230 g/mol. The molecule has 0 aliphatic heterocycles. The number of carbonyl (C=O) groups excluding carboxylic acids is 1. The van der Waals surface area contributed by atoms with Gasteiger partial charge in [-0.3, -0.25) is 14.5 Å². The molecule has 0 N–H and O–H groups in total. The van der Waals surface area contributed by atoms with Crippen molar-refractivity contribution in [2.75, 3.05) is 0 Å². The minimum atomic E-state index is -0.164. The average Bonchev–Trinajstić information content (AvgIpc) is 2.85. The van der Waals surface area contributed by atoms with E-state index >= 15 is 0 Å². The molecule has 2 heterocycles. The molecule has 17 heavy (non-hydrogen) atoms. The van der Waals surface area contributed by atoms with Gasteiger partial charge in [0.05, 0.1) is 0 Å². The summed E-state index contributed by atoms with van der Waals surface area (Å²) in [4.78, 5) is 19.9. The van der Waals surface area contributed by atoms with Crippen LogP contribution in [0.5, 0.6) is 0 Å². The summed E-state index contributed by atoms with van der Waals surface area (Å²) in [6.07, 6.45) is 6.90. The summed E-state index contributed by atoms with van der Waals surface area (Å²) in [6, 6.07) is 3.32. The second-order valence-electron chi connectivity index (χ2n) is 3.75. The standard InChI is InChI=1S/C12H14N4O/c1-2-3-8-16-9-14-12(15-16)11(17)10-4-6-13-7-5-10/h4-7,9H,2-3,8H2,1H3. The highest BCUT2D eigenvalue weighted by Gasteiger charge is 2.13. The van der Waals surface area contributed by atoms with Crippen LogP contribution < -0.4 is 0 Å². The van der Waals surface area contributed by atoms with Gasteiger partial charge in [-0.15, -0.1) is 5.10 Å².